The average molecular weight is 339 g/mol. The van der Waals surface area contributed by atoms with Crippen LogP contribution >= 0.6 is 0 Å². The van der Waals surface area contributed by atoms with Gasteiger partial charge < -0.3 is 16.2 Å². The lowest BCUT2D eigenvalue weighted by molar-refractivity contribution is 0.159. The van der Waals surface area contributed by atoms with E-state index in [1.807, 2.05) is 26.0 Å². The van der Waals surface area contributed by atoms with Crippen molar-refractivity contribution in [3.8, 4) is 5.75 Å². The first-order chi connectivity index (χ1) is 11.9. The summed E-state index contributed by atoms with van der Waals surface area (Å²) >= 11 is 0. The monoisotopic (exact) mass is 339 g/mol. The van der Waals surface area contributed by atoms with Crippen molar-refractivity contribution in [3.05, 3.63) is 29.8 Å². The quantitative estimate of drug-likeness (QED) is 0.823. The first-order valence-corrected chi connectivity index (χ1v) is 8.91. The number of benzene rings is 1. The third kappa shape index (κ3) is 2.75. The highest BCUT2D eigenvalue weighted by atomic mass is 16.5. The summed E-state index contributed by atoms with van der Waals surface area (Å²) in [6.07, 6.45) is 9.48. The second kappa shape index (κ2) is 5.51. The van der Waals surface area contributed by atoms with Crippen molar-refractivity contribution in [1.82, 2.24) is 0 Å². The van der Waals surface area contributed by atoms with Crippen molar-refractivity contribution in [2.75, 3.05) is 4.90 Å². The van der Waals surface area contributed by atoms with E-state index < -0.39 is 5.66 Å². The predicted octanol–water partition coefficient (Wildman–Crippen LogP) is 2.98. The summed E-state index contributed by atoms with van der Waals surface area (Å²) in [6.45, 7) is 4.09. The van der Waals surface area contributed by atoms with Crippen LogP contribution in [-0.4, -0.2) is 23.2 Å². The molecule has 6 heteroatoms. The van der Waals surface area contributed by atoms with Crippen LogP contribution in [0.3, 0.4) is 0 Å². The summed E-state index contributed by atoms with van der Waals surface area (Å²) in [5, 5.41) is 0. The van der Waals surface area contributed by atoms with E-state index in [0.29, 0.717) is 5.96 Å². The number of anilines is 1. The molecule has 0 saturated heterocycles. The zero-order valence-corrected chi connectivity index (χ0v) is 14.8. The van der Waals surface area contributed by atoms with Crippen molar-refractivity contribution >= 4 is 23.7 Å². The number of fused-ring (bicyclic) bond motifs is 1. The fourth-order valence-electron chi connectivity index (χ4n) is 4.00. The summed E-state index contributed by atoms with van der Waals surface area (Å²) in [4.78, 5) is 11.0. The van der Waals surface area contributed by atoms with Crippen molar-refractivity contribution in [2.24, 2.45) is 21.5 Å². The van der Waals surface area contributed by atoms with Crippen LogP contribution in [0.2, 0.25) is 0 Å². The maximum Gasteiger partial charge on any atom is 0.220 e. The first-order valence-electron chi connectivity index (χ1n) is 8.91. The van der Waals surface area contributed by atoms with Gasteiger partial charge in [0, 0.05) is 11.3 Å². The lowest BCUT2D eigenvalue weighted by Gasteiger charge is -2.45. The fraction of sp³-hybridized carbons (Fsp3) is 0.474. The molecule has 0 aromatic heterocycles. The molecule has 4 rings (SSSR count). The molecular weight excluding hydrogens is 314 g/mol. The van der Waals surface area contributed by atoms with E-state index in [0.717, 1.165) is 42.7 Å². The highest BCUT2D eigenvalue weighted by Gasteiger charge is 2.42. The largest absolute Gasteiger partial charge is 0.483 e. The first kappa shape index (κ1) is 16.0. The zero-order chi connectivity index (χ0) is 17.7. The Kier molecular flexibility index (Phi) is 3.52. The molecule has 0 amide bonds. The molecule has 25 heavy (non-hydrogen) atoms. The van der Waals surface area contributed by atoms with Crippen molar-refractivity contribution in [2.45, 2.75) is 57.2 Å². The van der Waals surface area contributed by atoms with Gasteiger partial charge in [-0.15, -0.1) is 0 Å². The normalized spacial score (nSPS) is 23.5. The number of ether oxygens (including phenoxy) is 1. The number of rotatable bonds is 1. The maximum absolute atomic E-state index is 6.29. The zero-order valence-electron chi connectivity index (χ0n) is 14.8. The lowest BCUT2D eigenvalue weighted by Crippen LogP contribution is -2.58. The molecule has 2 heterocycles. The Morgan fingerprint density at radius 2 is 1.88 bits per heavy atom. The molecular formula is C19H25N5O. The Labute approximate surface area is 148 Å². The van der Waals surface area contributed by atoms with Crippen LogP contribution in [0.5, 0.6) is 5.75 Å². The molecule has 0 atom stereocenters. The molecule has 6 nitrogen and oxygen atoms in total. The molecule has 1 fully saturated rings. The molecule has 0 bridgehead atoms. The number of nitrogens with two attached hydrogens (primary N) is 2. The van der Waals surface area contributed by atoms with Crippen LogP contribution < -0.4 is 21.1 Å². The van der Waals surface area contributed by atoms with E-state index >= 15 is 0 Å². The molecule has 1 aromatic rings. The van der Waals surface area contributed by atoms with Crippen LogP contribution in [-0.2, 0) is 0 Å². The second-order valence-electron chi connectivity index (χ2n) is 7.58. The van der Waals surface area contributed by atoms with Crippen molar-refractivity contribution in [1.29, 1.82) is 0 Å². The number of aliphatic imine (C=N–C) groups is 2. The van der Waals surface area contributed by atoms with E-state index in [9.17, 15) is 0 Å². The minimum absolute atomic E-state index is 0.276. The van der Waals surface area contributed by atoms with Gasteiger partial charge in [-0.3, -0.25) is 4.90 Å². The summed E-state index contributed by atoms with van der Waals surface area (Å²) in [5.74, 6) is 1.57. The fourth-order valence-corrected chi connectivity index (χ4v) is 4.00. The molecule has 4 N–H and O–H groups in total. The molecule has 1 saturated carbocycles. The lowest BCUT2D eigenvalue weighted by atomic mass is 9.87. The third-order valence-corrected chi connectivity index (χ3v) is 5.14. The van der Waals surface area contributed by atoms with E-state index in [4.69, 9.17) is 21.2 Å². The molecule has 0 radical (unpaired) electrons. The summed E-state index contributed by atoms with van der Waals surface area (Å²) in [5.41, 5.74) is 13.5. The van der Waals surface area contributed by atoms with Crippen LogP contribution in [0.4, 0.5) is 5.69 Å². The molecule has 0 unspecified atom stereocenters. The Bertz CT molecular complexity index is 787. The molecule has 1 aliphatic carbocycles. The maximum atomic E-state index is 6.29. The van der Waals surface area contributed by atoms with E-state index in [1.54, 1.807) is 0 Å². The number of nitrogens with zero attached hydrogens (tertiary/aromatic N) is 3. The Morgan fingerprint density at radius 1 is 1.12 bits per heavy atom. The Morgan fingerprint density at radius 3 is 2.64 bits per heavy atom. The van der Waals surface area contributed by atoms with Crippen molar-refractivity contribution < 1.29 is 4.74 Å². The van der Waals surface area contributed by atoms with E-state index in [-0.39, 0.29) is 11.6 Å². The van der Waals surface area contributed by atoms with E-state index in [1.165, 1.54) is 6.42 Å². The van der Waals surface area contributed by atoms with Gasteiger partial charge in [-0.2, -0.15) is 4.99 Å². The van der Waals surface area contributed by atoms with Crippen LogP contribution in [0.15, 0.2) is 34.3 Å². The highest BCUT2D eigenvalue weighted by molar-refractivity contribution is 6.05. The predicted molar refractivity (Wildman–Crippen MR) is 102 cm³/mol. The van der Waals surface area contributed by atoms with Gasteiger partial charge in [0.2, 0.25) is 11.9 Å². The average Bonchev–Trinajstić information content (AvgIpc) is 2.54. The van der Waals surface area contributed by atoms with Gasteiger partial charge in [0.05, 0.1) is 0 Å². The third-order valence-electron chi connectivity index (χ3n) is 5.14. The van der Waals surface area contributed by atoms with Gasteiger partial charge in [-0.05, 0) is 63.8 Å². The number of guanidine groups is 2. The van der Waals surface area contributed by atoms with Gasteiger partial charge in [-0.25, -0.2) is 4.99 Å². The number of hydrogen-bond donors (Lipinski definition) is 2. The molecule has 3 aliphatic rings. The minimum atomic E-state index is -0.416. The van der Waals surface area contributed by atoms with Crippen LogP contribution in [0.25, 0.3) is 6.08 Å². The van der Waals surface area contributed by atoms with E-state index in [2.05, 4.69) is 28.1 Å². The highest BCUT2D eigenvalue weighted by Crippen LogP contribution is 2.41. The molecule has 132 valence electrons. The standard InChI is InChI=1S/C19H25N5O/c1-18(2)11-8-13-12-14(6-7-15(13)25-18)24-17(21)22-16(20)23-19(24)9-4-3-5-10-19/h6-8,11-12H,3-5,9-10H2,1-2H3,(H4,20,21,22,23). The van der Waals surface area contributed by atoms with Gasteiger partial charge in [0.15, 0.2) is 0 Å². The second-order valence-corrected chi connectivity index (χ2v) is 7.58. The van der Waals surface area contributed by atoms with Gasteiger partial charge in [0.1, 0.15) is 17.0 Å². The molecule has 1 spiro atoms. The minimum Gasteiger partial charge on any atom is -0.483 e. The SMILES string of the molecule is CC1(C)C=Cc2cc(N3C(N)=NC(N)=NC34CCCCC4)ccc2O1. The topological polar surface area (TPSA) is 89.2 Å². The number of hydrogen-bond acceptors (Lipinski definition) is 6. The summed E-state index contributed by atoms with van der Waals surface area (Å²) in [7, 11) is 0. The molecule has 1 aromatic carbocycles. The summed E-state index contributed by atoms with van der Waals surface area (Å²) in [6, 6.07) is 6.13. The Balaban J connectivity index is 1.76. The van der Waals surface area contributed by atoms with Crippen LogP contribution in [0, 0.1) is 0 Å². The Hall–Kier alpha value is -2.50. The van der Waals surface area contributed by atoms with Crippen LogP contribution in [0.1, 0.15) is 51.5 Å². The van der Waals surface area contributed by atoms with Gasteiger partial charge in [0.25, 0.3) is 0 Å². The van der Waals surface area contributed by atoms with Gasteiger partial charge >= 0.3 is 0 Å². The van der Waals surface area contributed by atoms with Gasteiger partial charge in [-0.1, -0.05) is 12.5 Å². The van der Waals surface area contributed by atoms with Crippen molar-refractivity contribution in [3.63, 3.8) is 0 Å². The smallest absolute Gasteiger partial charge is 0.220 e. The summed E-state index contributed by atoms with van der Waals surface area (Å²) < 4.78 is 6.03. The molecule has 2 aliphatic heterocycles.